The van der Waals surface area contributed by atoms with Gasteiger partial charge >= 0.3 is 0 Å². The van der Waals surface area contributed by atoms with Crippen molar-refractivity contribution in [1.29, 1.82) is 0 Å². The minimum absolute atomic E-state index is 0.112. The van der Waals surface area contributed by atoms with E-state index in [1.54, 1.807) is 19.2 Å². The van der Waals surface area contributed by atoms with Crippen LogP contribution in [0, 0.1) is 0 Å². The largest absolute Gasteiger partial charge is 0.504 e. The van der Waals surface area contributed by atoms with Crippen LogP contribution in [0.5, 0.6) is 11.5 Å². The van der Waals surface area contributed by atoms with Crippen molar-refractivity contribution in [1.82, 2.24) is 5.48 Å². The fourth-order valence-corrected chi connectivity index (χ4v) is 1.51. The van der Waals surface area contributed by atoms with Crippen molar-refractivity contribution in [3.05, 3.63) is 22.2 Å². The monoisotopic (exact) mass is 261 g/mol. The maximum Gasteiger partial charge on any atom is 0.160 e. The second-order valence-electron chi connectivity index (χ2n) is 2.64. The highest BCUT2D eigenvalue weighted by molar-refractivity contribution is 9.10. The molecule has 0 heterocycles. The van der Waals surface area contributed by atoms with Crippen molar-refractivity contribution in [3.8, 4) is 11.5 Å². The van der Waals surface area contributed by atoms with Crippen LogP contribution in [0.4, 0.5) is 0 Å². The molecule has 0 aliphatic heterocycles. The van der Waals surface area contributed by atoms with E-state index in [4.69, 9.17) is 9.57 Å². The molecule has 0 saturated carbocycles. The molecule has 0 saturated heterocycles. The zero-order valence-electron chi connectivity index (χ0n) is 8.00. The normalized spacial score (nSPS) is 10.2. The molecule has 0 spiro atoms. The van der Waals surface area contributed by atoms with E-state index in [1.165, 1.54) is 7.11 Å². The third kappa shape index (κ3) is 2.60. The standard InChI is InChI=1S/C9H12BrNO3/c1-13-9-3-6(5-11-14-2)7(10)4-8(9)12/h3-4,11-12H,5H2,1-2H3. The van der Waals surface area contributed by atoms with Crippen LogP contribution in [-0.4, -0.2) is 19.3 Å². The molecule has 1 rings (SSSR count). The van der Waals surface area contributed by atoms with E-state index in [9.17, 15) is 5.11 Å². The minimum Gasteiger partial charge on any atom is -0.504 e. The predicted molar refractivity (Wildman–Crippen MR) is 56.2 cm³/mol. The number of phenolic OH excluding ortho intramolecular Hbond substituents is 1. The average Bonchev–Trinajstić information content (AvgIpc) is 2.17. The Balaban J connectivity index is 2.92. The molecule has 2 N–H and O–H groups in total. The second-order valence-corrected chi connectivity index (χ2v) is 3.50. The van der Waals surface area contributed by atoms with Gasteiger partial charge in [-0.15, -0.1) is 0 Å². The number of benzene rings is 1. The van der Waals surface area contributed by atoms with Crippen molar-refractivity contribution in [2.24, 2.45) is 0 Å². The molecule has 14 heavy (non-hydrogen) atoms. The van der Waals surface area contributed by atoms with Crippen LogP contribution in [-0.2, 0) is 11.4 Å². The Bertz CT molecular complexity index is 317. The van der Waals surface area contributed by atoms with Gasteiger partial charge < -0.3 is 14.7 Å². The first-order chi connectivity index (χ1) is 6.69. The molecule has 0 atom stereocenters. The summed E-state index contributed by atoms with van der Waals surface area (Å²) in [6.07, 6.45) is 0. The molecule has 0 aliphatic rings. The van der Waals surface area contributed by atoms with E-state index in [1.807, 2.05) is 0 Å². The van der Waals surface area contributed by atoms with E-state index >= 15 is 0 Å². The van der Waals surface area contributed by atoms with Crippen LogP contribution >= 0.6 is 15.9 Å². The second kappa shape index (κ2) is 5.19. The summed E-state index contributed by atoms with van der Waals surface area (Å²) in [4.78, 5) is 4.73. The van der Waals surface area contributed by atoms with Crippen LogP contribution < -0.4 is 10.2 Å². The van der Waals surface area contributed by atoms with Gasteiger partial charge in [-0.2, -0.15) is 5.48 Å². The van der Waals surface area contributed by atoms with Gasteiger partial charge in [-0.3, -0.25) is 0 Å². The summed E-state index contributed by atoms with van der Waals surface area (Å²) in [5, 5.41) is 9.43. The first kappa shape index (κ1) is 11.3. The number of nitrogens with one attached hydrogen (secondary N) is 1. The van der Waals surface area contributed by atoms with Gasteiger partial charge in [0.15, 0.2) is 11.5 Å². The van der Waals surface area contributed by atoms with E-state index in [2.05, 4.69) is 21.4 Å². The highest BCUT2D eigenvalue weighted by atomic mass is 79.9. The third-order valence-electron chi connectivity index (χ3n) is 1.75. The Morgan fingerprint density at radius 2 is 2.14 bits per heavy atom. The van der Waals surface area contributed by atoms with Crippen molar-refractivity contribution in [2.75, 3.05) is 14.2 Å². The Labute approximate surface area is 90.9 Å². The van der Waals surface area contributed by atoms with Crippen LogP contribution in [0.15, 0.2) is 16.6 Å². The molecule has 78 valence electrons. The number of hydrogen-bond donors (Lipinski definition) is 2. The maximum absolute atomic E-state index is 9.43. The number of rotatable bonds is 4. The molecular weight excluding hydrogens is 250 g/mol. The Morgan fingerprint density at radius 1 is 1.43 bits per heavy atom. The molecular formula is C9H12BrNO3. The quantitative estimate of drug-likeness (QED) is 0.812. The van der Waals surface area contributed by atoms with Crippen LogP contribution in [0.2, 0.25) is 0 Å². The molecule has 0 unspecified atom stereocenters. The number of ether oxygens (including phenoxy) is 1. The van der Waals surface area contributed by atoms with E-state index in [0.717, 1.165) is 10.0 Å². The summed E-state index contributed by atoms with van der Waals surface area (Å²) in [5.41, 5.74) is 3.65. The predicted octanol–water partition coefficient (Wildman–Crippen LogP) is 1.81. The van der Waals surface area contributed by atoms with Gasteiger partial charge in [-0.1, -0.05) is 15.9 Å². The summed E-state index contributed by atoms with van der Waals surface area (Å²) in [7, 11) is 3.06. The van der Waals surface area contributed by atoms with Gasteiger partial charge in [-0.05, 0) is 17.7 Å². The SMILES string of the molecule is CONCc1cc(OC)c(O)cc1Br. The van der Waals surface area contributed by atoms with Gasteiger partial charge in [0.05, 0.1) is 14.2 Å². The summed E-state index contributed by atoms with van der Waals surface area (Å²) in [6.45, 7) is 0.535. The van der Waals surface area contributed by atoms with Crippen LogP contribution in [0.1, 0.15) is 5.56 Å². The molecule has 0 radical (unpaired) electrons. The van der Waals surface area contributed by atoms with E-state index < -0.39 is 0 Å². The Hall–Kier alpha value is -0.780. The lowest BCUT2D eigenvalue weighted by atomic mass is 10.2. The fraction of sp³-hybridized carbons (Fsp3) is 0.333. The van der Waals surface area contributed by atoms with Crippen molar-refractivity contribution >= 4 is 15.9 Å². The molecule has 0 fully saturated rings. The fourth-order valence-electron chi connectivity index (χ4n) is 1.03. The number of phenols is 1. The van der Waals surface area contributed by atoms with Gasteiger partial charge in [0, 0.05) is 11.0 Å². The first-order valence-electron chi connectivity index (χ1n) is 4.00. The summed E-state index contributed by atoms with van der Waals surface area (Å²) in [5.74, 6) is 0.557. The molecule has 5 heteroatoms. The van der Waals surface area contributed by atoms with Crippen LogP contribution in [0.25, 0.3) is 0 Å². The Kier molecular flexibility index (Phi) is 4.19. The third-order valence-corrected chi connectivity index (χ3v) is 2.49. The van der Waals surface area contributed by atoms with Crippen molar-refractivity contribution < 1.29 is 14.7 Å². The zero-order chi connectivity index (χ0) is 10.6. The number of methoxy groups -OCH3 is 1. The number of hydroxylamine groups is 1. The molecule has 4 nitrogen and oxygen atoms in total. The topological polar surface area (TPSA) is 50.7 Å². The molecule has 0 bridgehead atoms. The Morgan fingerprint density at radius 3 is 2.71 bits per heavy atom. The lowest BCUT2D eigenvalue weighted by Crippen LogP contribution is -2.11. The molecule has 1 aromatic carbocycles. The number of halogens is 1. The van der Waals surface area contributed by atoms with Crippen molar-refractivity contribution in [2.45, 2.75) is 6.54 Å². The summed E-state index contributed by atoms with van der Waals surface area (Å²) >= 11 is 3.33. The first-order valence-corrected chi connectivity index (χ1v) is 4.79. The molecule has 0 aromatic heterocycles. The molecule has 0 aliphatic carbocycles. The number of aromatic hydroxyl groups is 1. The highest BCUT2D eigenvalue weighted by Crippen LogP contribution is 2.32. The molecule has 1 aromatic rings. The molecule has 0 amide bonds. The summed E-state index contributed by atoms with van der Waals surface area (Å²) < 4.78 is 5.79. The average molecular weight is 262 g/mol. The van der Waals surface area contributed by atoms with Gasteiger partial charge in [0.2, 0.25) is 0 Å². The number of hydrogen-bond acceptors (Lipinski definition) is 4. The highest BCUT2D eigenvalue weighted by Gasteiger charge is 2.07. The summed E-state index contributed by atoms with van der Waals surface area (Å²) in [6, 6.07) is 3.33. The zero-order valence-corrected chi connectivity index (χ0v) is 9.59. The lowest BCUT2D eigenvalue weighted by Gasteiger charge is -2.09. The van der Waals surface area contributed by atoms with Crippen molar-refractivity contribution in [3.63, 3.8) is 0 Å². The van der Waals surface area contributed by atoms with E-state index in [0.29, 0.717) is 12.3 Å². The maximum atomic E-state index is 9.43. The van der Waals surface area contributed by atoms with Gasteiger partial charge in [0.1, 0.15) is 0 Å². The van der Waals surface area contributed by atoms with Gasteiger partial charge in [0.25, 0.3) is 0 Å². The van der Waals surface area contributed by atoms with Crippen LogP contribution in [0.3, 0.4) is 0 Å². The smallest absolute Gasteiger partial charge is 0.160 e. The lowest BCUT2D eigenvalue weighted by molar-refractivity contribution is 0.0865. The van der Waals surface area contributed by atoms with Gasteiger partial charge in [-0.25, -0.2) is 0 Å². The van der Waals surface area contributed by atoms with E-state index in [-0.39, 0.29) is 5.75 Å². The minimum atomic E-state index is 0.112.